The molecule has 1 heteroatoms. The molecule has 4 aliphatic rings. The summed E-state index contributed by atoms with van der Waals surface area (Å²) in [6, 6.07) is 0. The van der Waals surface area contributed by atoms with Crippen LogP contribution in [0, 0.1) is 46.3 Å². The molecule has 0 aromatic heterocycles. The van der Waals surface area contributed by atoms with Crippen molar-refractivity contribution in [3.05, 3.63) is 11.6 Å². The van der Waals surface area contributed by atoms with Gasteiger partial charge in [0.05, 0.1) is 0 Å². The molecule has 160 valence electrons. The topological polar surface area (TPSA) is 0 Å². The fourth-order valence-corrected chi connectivity index (χ4v) is 9.43. The molecule has 0 aliphatic heterocycles. The molecule has 0 saturated heterocycles. The second-order valence-electron chi connectivity index (χ2n) is 12.1. The Balaban J connectivity index is 1.49. The van der Waals surface area contributed by atoms with E-state index in [0.717, 1.165) is 39.4 Å². The van der Waals surface area contributed by atoms with E-state index in [2.05, 4.69) is 63.3 Å². The summed E-state index contributed by atoms with van der Waals surface area (Å²) in [7, 11) is 0. The summed E-state index contributed by atoms with van der Waals surface area (Å²) in [6.45, 7) is 12.8. The smallest absolute Gasteiger partial charge is 0.0147 e. The van der Waals surface area contributed by atoms with Gasteiger partial charge in [-0.15, -0.1) is 0 Å². The molecule has 3 fully saturated rings. The Bertz CT molecular complexity index is 591. The second-order valence-corrected chi connectivity index (χ2v) is 13.9. The van der Waals surface area contributed by atoms with Crippen molar-refractivity contribution in [1.29, 1.82) is 0 Å². The van der Waals surface area contributed by atoms with Crippen molar-refractivity contribution in [2.75, 3.05) is 0 Å². The lowest BCUT2D eigenvalue weighted by Gasteiger charge is -2.58. The van der Waals surface area contributed by atoms with E-state index in [4.69, 9.17) is 0 Å². The minimum atomic E-state index is 0.548. The maximum absolute atomic E-state index is 2.75. The first kappa shape index (κ1) is 21.7. The zero-order valence-corrected chi connectivity index (χ0v) is 21.4. The van der Waals surface area contributed by atoms with Crippen LogP contribution in [0.1, 0.15) is 105 Å². The van der Waals surface area contributed by atoms with Gasteiger partial charge in [0.15, 0.2) is 0 Å². The summed E-state index contributed by atoms with van der Waals surface area (Å²) < 4.78 is 0.893. The number of allylic oxidation sites excluding steroid dienone is 2. The Morgan fingerprint density at radius 3 is 2.54 bits per heavy atom. The first-order valence-electron chi connectivity index (χ1n) is 12.6. The maximum atomic E-state index is 2.75. The number of hydrogen-bond donors (Lipinski definition) is 0. The van der Waals surface area contributed by atoms with Crippen LogP contribution in [0.15, 0.2) is 11.6 Å². The largest absolute Gasteiger partial charge is 0.0844 e. The van der Waals surface area contributed by atoms with Crippen LogP contribution in [0.2, 0.25) is 0 Å². The number of rotatable bonds is 5. The molecule has 0 aromatic carbocycles. The summed E-state index contributed by atoms with van der Waals surface area (Å²) in [5, 5.41) is 0. The average Bonchev–Trinajstić information content (AvgIpc) is 2.99. The first-order valence-corrected chi connectivity index (χ1v) is 13.8. The van der Waals surface area contributed by atoms with Gasteiger partial charge in [0, 0.05) is 3.92 Å². The van der Waals surface area contributed by atoms with E-state index < -0.39 is 0 Å². The van der Waals surface area contributed by atoms with Crippen LogP contribution in [-0.4, -0.2) is 3.92 Å². The zero-order chi connectivity index (χ0) is 20.1. The Morgan fingerprint density at radius 2 is 1.79 bits per heavy atom. The molecule has 0 unspecified atom stereocenters. The van der Waals surface area contributed by atoms with Crippen molar-refractivity contribution in [3.63, 3.8) is 0 Å². The highest BCUT2D eigenvalue weighted by Crippen LogP contribution is 2.67. The van der Waals surface area contributed by atoms with Crippen LogP contribution < -0.4 is 0 Å². The van der Waals surface area contributed by atoms with Crippen LogP contribution in [0.5, 0.6) is 0 Å². The number of hydrogen-bond acceptors (Lipinski definition) is 0. The monoisotopic (exact) mass is 496 g/mol. The Labute approximate surface area is 189 Å². The molecule has 0 heterocycles. The fraction of sp³-hybridized carbons (Fsp3) is 0.926. The lowest BCUT2D eigenvalue weighted by Crippen LogP contribution is -2.50. The highest BCUT2D eigenvalue weighted by Gasteiger charge is 2.58. The van der Waals surface area contributed by atoms with Gasteiger partial charge in [0.25, 0.3) is 0 Å². The van der Waals surface area contributed by atoms with Gasteiger partial charge in [-0.2, -0.15) is 0 Å². The molecular weight excluding hydrogens is 451 g/mol. The minimum absolute atomic E-state index is 0.548. The first-order chi connectivity index (χ1) is 13.3. The minimum Gasteiger partial charge on any atom is -0.0844 e. The SMILES string of the molecule is CC(C)CCC[C@H](C)[C@@H]1CC[C@@H]2[C@H]3CC=C4C[C@@H](I)CC[C@]4(C)[C@@H]3CC[C@@]21C. The maximum Gasteiger partial charge on any atom is 0.0147 e. The third-order valence-corrected chi connectivity index (χ3v) is 11.3. The van der Waals surface area contributed by atoms with Crippen LogP contribution in [0.25, 0.3) is 0 Å². The van der Waals surface area contributed by atoms with Crippen molar-refractivity contribution in [2.24, 2.45) is 46.3 Å². The van der Waals surface area contributed by atoms with Crippen LogP contribution in [0.3, 0.4) is 0 Å². The summed E-state index contributed by atoms with van der Waals surface area (Å²) in [5.74, 6) is 5.79. The van der Waals surface area contributed by atoms with E-state index in [9.17, 15) is 0 Å². The molecule has 3 saturated carbocycles. The van der Waals surface area contributed by atoms with Crippen LogP contribution in [0.4, 0.5) is 0 Å². The van der Waals surface area contributed by atoms with Crippen molar-refractivity contribution < 1.29 is 0 Å². The van der Waals surface area contributed by atoms with E-state index in [0.29, 0.717) is 10.8 Å². The lowest BCUT2D eigenvalue weighted by molar-refractivity contribution is -0.0495. The molecule has 0 nitrogen and oxygen atoms in total. The highest BCUT2D eigenvalue weighted by molar-refractivity contribution is 14.1. The molecule has 0 N–H and O–H groups in total. The molecule has 0 amide bonds. The standard InChI is InChI=1S/C27H45I/c1-18(2)7-6-8-19(3)23-11-12-24-22-10-9-20-17-21(28)13-15-26(20,4)25(22)14-16-27(23,24)5/h9,18-19,21-25H,6-8,10-17H2,1-5H3/t19-,21-,22+,23-,24+,25+,26-,27+/m0/s1. The van der Waals surface area contributed by atoms with E-state index in [1.54, 1.807) is 0 Å². The predicted octanol–water partition coefficient (Wildman–Crippen LogP) is 8.83. The quantitative estimate of drug-likeness (QED) is 0.203. The summed E-state index contributed by atoms with van der Waals surface area (Å²) in [5.41, 5.74) is 3.05. The van der Waals surface area contributed by atoms with Crippen molar-refractivity contribution in [2.45, 2.75) is 109 Å². The van der Waals surface area contributed by atoms with Crippen LogP contribution >= 0.6 is 22.6 Å². The van der Waals surface area contributed by atoms with E-state index in [1.165, 1.54) is 70.6 Å². The number of halogens is 1. The summed E-state index contributed by atoms with van der Waals surface area (Å²) >= 11 is 2.71. The van der Waals surface area contributed by atoms with Gasteiger partial charge < -0.3 is 0 Å². The molecular formula is C27H45I. The molecule has 4 aliphatic carbocycles. The number of alkyl halides is 1. The van der Waals surface area contributed by atoms with Gasteiger partial charge in [0.1, 0.15) is 0 Å². The summed E-state index contributed by atoms with van der Waals surface area (Å²) in [6.07, 6.45) is 18.9. The molecule has 8 atom stereocenters. The Kier molecular flexibility index (Phi) is 6.35. The third kappa shape index (κ3) is 3.66. The molecule has 0 bridgehead atoms. The zero-order valence-electron chi connectivity index (χ0n) is 19.3. The lowest BCUT2D eigenvalue weighted by atomic mass is 9.47. The fourth-order valence-electron chi connectivity index (χ4n) is 8.64. The van der Waals surface area contributed by atoms with E-state index >= 15 is 0 Å². The molecule has 28 heavy (non-hydrogen) atoms. The molecule has 0 radical (unpaired) electrons. The van der Waals surface area contributed by atoms with E-state index in [-0.39, 0.29) is 0 Å². The summed E-state index contributed by atoms with van der Waals surface area (Å²) in [4.78, 5) is 0. The average molecular weight is 497 g/mol. The van der Waals surface area contributed by atoms with Gasteiger partial charge in [-0.05, 0) is 97.7 Å². The van der Waals surface area contributed by atoms with Gasteiger partial charge >= 0.3 is 0 Å². The molecule has 4 rings (SSSR count). The predicted molar refractivity (Wildman–Crippen MR) is 131 cm³/mol. The Hall–Kier alpha value is 0.470. The second kappa shape index (κ2) is 8.19. The number of fused-ring (bicyclic) bond motifs is 5. The third-order valence-electron chi connectivity index (χ3n) is 10.2. The van der Waals surface area contributed by atoms with Gasteiger partial charge in [-0.3, -0.25) is 0 Å². The highest BCUT2D eigenvalue weighted by atomic mass is 127. The normalized spacial score (nSPS) is 46.5. The molecule has 0 spiro atoms. The molecule has 0 aromatic rings. The van der Waals surface area contributed by atoms with E-state index in [1.807, 2.05) is 5.57 Å². The Morgan fingerprint density at radius 1 is 1.00 bits per heavy atom. The van der Waals surface area contributed by atoms with Gasteiger partial charge in [-0.1, -0.05) is 88.1 Å². The van der Waals surface area contributed by atoms with Gasteiger partial charge in [-0.25, -0.2) is 0 Å². The van der Waals surface area contributed by atoms with Crippen molar-refractivity contribution >= 4 is 22.6 Å². The van der Waals surface area contributed by atoms with Gasteiger partial charge in [0.2, 0.25) is 0 Å². The van der Waals surface area contributed by atoms with Crippen molar-refractivity contribution in [3.8, 4) is 0 Å². The van der Waals surface area contributed by atoms with Crippen LogP contribution in [-0.2, 0) is 0 Å². The van der Waals surface area contributed by atoms with Crippen molar-refractivity contribution in [1.82, 2.24) is 0 Å².